The summed E-state index contributed by atoms with van der Waals surface area (Å²) in [6, 6.07) is 0. The lowest BCUT2D eigenvalue weighted by Crippen LogP contribution is -2.47. The Bertz CT molecular complexity index is 132. The van der Waals surface area contributed by atoms with Gasteiger partial charge in [0.15, 0.2) is 6.29 Å². The van der Waals surface area contributed by atoms with Gasteiger partial charge in [-0.25, -0.2) is 0 Å². The molecule has 3 N–H and O–H groups in total. The highest BCUT2D eigenvalue weighted by atomic mass is 79.9. The largest absolute Gasteiger partial charge is 0.394 e. The van der Waals surface area contributed by atoms with Gasteiger partial charge in [0.05, 0.1) is 12.7 Å². The van der Waals surface area contributed by atoms with E-state index in [9.17, 15) is 5.11 Å². The van der Waals surface area contributed by atoms with Crippen LogP contribution in [0.15, 0.2) is 0 Å². The van der Waals surface area contributed by atoms with Crippen LogP contribution < -0.4 is 0 Å². The molecule has 0 aromatic heterocycles. The van der Waals surface area contributed by atoms with E-state index in [1.165, 1.54) is 0 Å². The molecule has 0 amide bonds. The van der Waals surface area contributed by atoms with Gasteiger partial charge in [-0.05, 0) is 0 Å². The molecule has 5 heteroatoms. The Kier molecular flexibility index (Phi) is 3.27. The van der Waals surface area contributed by atoms with Crippen molar-refractivity contribution in [1.29, 1.82) is 0 Å². The van der Waals surface area contributed by atoms with Crippen LogP contribution in [-0.4, -0.2) is 45.3 Å². The summed E-state index contributed by atoms with van der Waals surface area (Å²) in [5, 5.41) is 27.0. The van der Waals surface area contributed by atoms with Gasteiger partial charge in [0.2, 0.25) is 0 Å². The Hall–Kier alpha value is 0.320. The van der Waals surface area contributed by atoms with Gasteiger partial charge in [0.1, 0.15) is 6.10 Å². The minimum Gasteiger partial charge on any atom is -0.394 e. The zero-order valence-corrected chi connectivity index (χ0v) is 7.44. The van der Waals surface area contributed by atoms with E-state index >= 15 is 0 Å². The number of hydrogen-bond acceptors (Lipinski definition) is 4. The van der Waals surface area contributed by atoms with Crippen LogP contribution in [-0.2, 0) is 4.74 Å². The first-order chi connectivity index (χ1) is 5.15. The lowest BCUT2D eigenvalue weighted by molar-refractivity contribution is -0.204. The normalized spacial score (nSPS) is 45.8. The van der Waals surface area contributed by atoms with Crippen molar-refractivity contribution in [3.05, 3.63) is 0 Å². The van der Waals surface area contributed by atoms with Crippen molar-refractivity contribution in [3.8, 4) is 0 Å². The maximum absolute atomic E-state index is 9.31. The van der Waals surface area contributed by atoms with E-state index in [-0.39, 0.29) is 11.4 Å². The minimum atomic E-state index is -0.889. The second-order valence-corrected chi connectivity index (χ2v) is 3.73. The molecule has 0 saturated carbocycles. The number of halogens is 1. The van der Waals surface area contributed by atoms with E-state index in [1.54, 1.807) is 0 Å². The van der Waals surface area contributed by atoms with Crippen molar-refractivity contribution >= 4 is 15.9 Å². The van der Waals surface area contributed by atoms with Gasteiger partial charge in [0.25, 0.3) is 0 Å². The first kappa shape index (κ1) is 9.41. The molecule has 0 radical (unpaired) electrons. The molecule has 0 aromatic rings. The summed E-state index contributed by atoms with van der Waals surface area (Å²) >= 11 is 3.17. The van der Waals surface area contributed by atoms with Gasteiger partial charge < -0.3 is 20.1 Å². The van der Waals surface area contributed by atoms with Crippen molar-refractivity contribution in [2.24, 2.45) is 0 Å². The molecule has 4 nitrogen and oxygen atoms in total. The molecule has 0 aliphatic carbocycles. The summed E-state index contributed by atoms with van der Waals surface area (Å²) in [6.07, 6.45) is -1.97. The van der Waals surface area contributed by atoms with Gasteiger partial charge >= 0.3 is 0 Å². The quantitative estimate of drug-likeness (QED) is 0.513. The van der Waals surface area contributed by atoms with Gasteiger partial charge in [-0.2, -0.15) is 0 Å². The molecule has 4 atom stereocenters. The Morgan fingerprint density at radius 3 is 2.64 bits per heavy atom. The van der Waals surface area contributed by atoms with Crippen LogP contribution in [0.3, 0.4) is 0 Å². The lowest BCUT2D eigenvalue weighted by atomic mass is 10.1. The second kappa shape index (κ2) is 3.82. The summed E-state index contributed by atoms with van der Waals surface area (Å²) in [6.45, 7) is -0.277. The molecule has 1 heterocycles. The van der Waals surface area contributed by atoms with Crippen LogP contribution in [0.1, 0.15) is 6.42 Å². The Labute approximate surface area is 72.9 Å². The third-order valence-corrected chi connectivity index (χ3v) is 2.61. The molecular formula is C6H11BrO4. The summed E-state index contributed by atoms with van der Waals surface area (Å²) in [5.74, 6) is 0. The minimum absolute atomic E-state index is 0.205. The molecule has 1 aliphatic rings. The zero-order chi connectivity index (χ0) is 8.43. The molecule has 1 saturated heterocycles. The molecular weight excluding hydrogens is 216 g/mol. The highest BCUT2D eigenvalue weighted by molar-refractivity contribution is 9.09. The molecule has 0 aromatic carbocycles. The zero-order valence-electron chi connectivity index (χ0n) is 5.85. The van der Waals surface area contributed by atoms with E-state index in [0.29, 0.717) is 6.42 Å². The number of rotatable bonds is 1. The molecule has 1 aliphatic heterocycles. The lowest BCUT2D eigenvalue weighted by Gasteiger charge is -2.33. The van der Waals surface area contributed by atoms with E-state index in [1.807, 2.05) is 0 Å². The summed E-state index contributed by atoms with van der Waals surface area (Å²) in [7, 11) is 0. The Morgan fingerprint density at radius 2 is 2.09 bits per heavy atom. The SMILES string of the molecule is OCC1OC(O)CC(Br)C1O. The standard InChI is InChI=1S/C6H11BrO4/c7-3-1-5(9)11-4(2-8)6(3)10/h3-6,8-10H,1-2H2. The number of hydrogen-bond donors (Lipinski definition) is 3. The number of ether oxygens (including phenoxy) is 1. The van der Waals surface area contributed by atoms with Crippen molar-refractivity contribution < 1.29 is 20.1 Å². The predicted molar refractivity (Wildman–Crippen MR) is 41.3 cm³/mol. The van der Waals surface area contributed by atoms with E-state index in [0.717, 1.165) is 0 Å². The maximum atomic E-state index is 9.31. The first-order valence-electron chi connectivity index (χ1n) is 3.41. The topological polar surface area (TPSA) is 69.9 Å². The van der Waals surface area contributed by atoms with Crippen LogP contribution >= 0.6 is 15.9 Å². The highest BCUT2D eigenvalue weighted by Gasteiger charge is 2.34. The van der Waals surface area contributed by atoms with Crippen LogP contribution in [0.25, 0.3) is 0 Å². The molecule has 11 heavy (non-hydrogen) atoms. The second-order valence-electron chi connectivity index (χ2n) is 2.55. The van der Waals surface area contributed by atoms with E-state index in [4.69, 9.17) is 14.9 Å². The van der Waals surface area contributed by atoms with Crippen LogP contribution in [0, 0.1) is 0 Å². The Balaban J connectivity index is 2.51. The molecule has 0 spiro atoms. The van der Waals surface area contributed by atoms with Crippen molar-refractivity contribution in [2.75, 3.05) is 6.61 Å². The number of aliphatic hydroxyl groups excluding tert-OH is 3. The first-order valence-corrected chi connectivity index (χ1v) is 4.33. The van der Waals surface area contributed by atoms with E-state index < -0.39 is 18.5 Å². The number of aliphatic hydroxyl groups is 3. The van der Waals surface area contributed by atoms with Crippen LogP contribution in [0.5, 0.6) is 0 Å². The fraction of sp³-hybridized carbons (Fsp3) is 1.00. The molecule has 66 valence electrons. The highest BCUT2D eigenvalue weighted by Crippen LogP contribution is 2.24. The fourth-order valence-corrected chi connectivity index (χ4v) is 1.71. The van der Waals surface area contributed by atoms with Crippen molar-refractivity contribution in [1.82, 2.24) is 0 Å². The molecule has 1 rings (SSSR count). The van der Waals surface area contributed by atoms with Gasteiger partial charge in [-0.3, -0.25) is 0 Å². The Morgan fingerprint density at radius 1 is 1.45 bits per heavy atom. The molecule has 1 fully saturated rings. The smallest absolute Gasteiger partial charge is 0.156 e. The third kappa shape index (κ3) is 2.13. The van der Waals surface area contributed by atoms with Crippen molar-refractivity contribution in [2.45, 2.75) is 29.7 Å². The van der Waals surface area contributed by atoms with Crippen LogP contribution in [0.2, 0.25) is 0 Å². The molecule has 4 unspecified atom stereocenters. The predicted octanol–water partition coefficient (Wildman–Crippen LogP) is -0.790. The average molecular weight is 227 g/mol. The fourth-order valence-electron chi connectivity index (χ4n) is 1.05. The summed E-state index contributed by atoms with van der Waals surface area (Å²) in [5.41, 5.74) is 0. The van der Waals surface area contributed by atoms with Gasteiger partial charge in [0, 0.05) is 11.2 Å². The number of alkyl halides is 1. The molecule has 0 bridgehead atoms. The van der Waals surface area contributed by atoms with E-state index in [2.05, 4.69) is 15.9 Å². The van der Waals surface area contributed by atoms with Crippen molar-refractivity contribution in [3.63, 3.8) is 0 Å². The average Bonchev–Trinajstić information content (AvgIpc) is 1.96. The maximum Gasteiger partial charge on any atom is 0.156 e. The summed E-state index contributed by atoms with van der Waals surface area (Å²) < 4.78 is 4.84. The third-order valence-electron chi connectivity index (χ3n) is 1.69. The van der Waals surface area contributed by atoms with Crippen LogP contribution in [0.4, 0.5) is 0 Å². The summed E-state index contributed by atoms with van der Waals surface area (Å²) in [4.78, 5) is -0.205. The van der Waals surface area contributed by atoms with Gasteiger partial charge in [-0.15, -0.1) is 0 Å². The monoisotopic (exact) mass is 226 g/mol. The van der Waals surface area contributed by atoms with Gasteiger partial charge in [-0.1, -0.05) is 15.9 Å².